The molecular formula is C77H80O12. The molecule has 89 heavy (non-hydrogen) atoms. The molecule has 4 heterocycles. The molecule has 0 saturated heterocycles. The van der Waals surface area contributed by atoms with Crippen molar-refractivity contribution in [2.24, 2.45) is 35.5 Å². The Morgan fingerprint density at radius 3 is 2.43 bits per heavy atom. The Morgan fingerprint density at radius 1 is 0.764 bits per heavy atom. The fourth-order valence-electron chi connectivity index (χ4n) is 19.3. The van der Waals surface area contributed by atoms with Crippen molar-refractivity contribution in [3.05, 3.63) is 215 Å². The van der Waals surface area contributed by atoms with Crippen molar-refractivity contribution in [1.82, 2.24) is 0 Å². The molecule has 1 spiro atoms. The van der Waals surface area contributed by atoms with Crippen LogP contribution in [-0.2, 0) is 55.1 Å². The van der Waals surface area contributed by atoms with Crippen molar-refractivity contribution in [3.63, 3.8) is 0 Å². The van der Waals surface area contributed by atoms with Crippen LogP contribution in [0.1, 0.15) is 180 Å². The Morgan fingerprint density at radius 2 is 1.58 bits per heavy atom. The highest BCUT2D eigenvalue weighted by atomic mass is 16.6. The minimum Gasteiger partial charge on any atom is -0.483 e. The van der Waals surface area contributed by atoms with E-state index in [-0.39, 0.29) is 108 Å². The molecule has 15 rings (SSSR count). The van der Waals surface area contributed by atoms with Gasteiger partial charge in [-0.1, -0.05) is 128 Å². The first kappa shape index (κ1) is 58.2. The molecule has 5 aromatic carbocycles. The number of carbonyl (C=O) groups excluding carboxylic acids is 2. The highest BCUT2D eigenvalue weighted by Gasteiger charge is 2.62. The van der Waals surface area contributed by atoms with Crippen molar-refractivity contribution in [3.8, 4) is 5.75 Å². The number of carbonyl (C=O) groups is 2. The molecule has 0 amide bonds. The third kappa shape index (κ3) is 9.42. The third-order valence-corrected chi connectivity index (χ3v) is 23.3. The molecule has 12 nitrogen and oxygen atoms in total. The Labute approximate surface area is 520 Å². The van der Waals surface area contributed by atoms with E-state index in [9.17, 15) is 25.2 Å². The fourth-order valence-corrected chi connectivity index (χ4v) is 19.3. The predicted molar refractivity (Wildman–Crippen MR) is 339 cm³/mol. The van der Waals surface area contributed by atoms with E-state index in [2.05, 4.69) is 121 Å². The summed E-state index contributed by atoms with van der Waals surface area (Å²) < 4.78 is 33.8. The van der Waals surface area contributed by atoms with Gasteiger partial charge in [-0.2, -0.15) is 0 Å². The monoisotopic (exact) mass is 1200 g/mol. The van der Waals surface area contributed by atoms with Crippen molar-refractivity contribution < 1.29 is 53.4 Å². The van der Waals surface area contributed by atoms with E-state index in [0.29, 0.717) is 53.4 Å². The van der Waals surface area contributed by atoms with Crippen LogP contribution in [0.3, 0.4) is 0 Å². The molecule has 4 N–H and O–H groups in total. The van der Waals surface area contributed by atoms with Crippen molar-refractivity contribution in [2.45, 2.75) is 151 Å². The highest BCUT2D eigenvalue weighted by molar-refractivity contribution is 5.91. The quantitative estimate of drug-likeness (QED) is 0.0354. The first-order chi connectivity index (χ1) is 43.4. The number of fused-ring (bicyclic) bond motifs is 13. The van der Waals surface area contributed by atoms with Gasteiger partial charge < -0.3 is 43.8 Å². The maximum atomic E-state index is 16.0. The minimum atomic E-state index is -1.41. The maximum Gasteiger partial charge on any atom is 0.340 e. The van der Waals surface area contributed by atoms with Crippen LogP contribution >= 0.6 is 0 Å². The lowest BCUT2D eigenvalue weighted by atomic mass is 9.48. The summed E-state index contributed by atoms with van der Waals surface area (Å²) in [6.45, 7) is 1.69. The van der Waals surface area contributed by atoms with E-state index in [0.717, 1.165) is 48.8 Å². The number of esters is 2. The molecule has 1 aromatic heterocycles. The molecule has 6 aliphatic carbocycles. The van der Waals surface area contributed by atoms with Gasteiger partial charge in [-0.25, -0.2) is 9.59 Å². The summed E-state index contributed by atoms with van der Waals surface area (Å²) in [5, 5.41) is 42.5. The molecule has 0 radical (unpaired) electrons. The van der Waals surface area contributed by atoms with E-state index in [4.69, 9.17) is 23.4 Å². The van der Waals surface area contributed by atoms with Gasteiger partial charge in [-0.15, -0.1) is 0 Å². The zero-order valence-electron chi connectivity index (χ0n) is 50.9. The van der Waals surface area contributed by atoms with E-state index in [1.54, 1.807) is 19.1 Å². The summed E-state index contributed by atoms with van der Waals surface area (Å²) in [5.74, 6) is -1.25. The van der Waals surface area contributed by atoms with E-state index < -0.39 is 54.7 Å². The number of hydrogen-bond donors (Lipinski definition) is 4. The van der Waals surface area contributed by atoms with Gasteiger partial charge in [-0.05, 0) is 199 Å². The topological polar surface area (TPSA) is 182 Å². The zero-order chi connectivity index (χ0) is 60.9. The number of aliphatic hydroxyl groups is 4. The SMILES string of the molecule is C/C(CO)=C1\CCc2ccc3cc2CC[C@@H]2[C@H]4C=Cc5ccccc5[C@H]4C[C@@H]2[C@]2(C)Oc4ccc5c(CO)c([C@H](CCO)COCO)c(=O)oc5c4[C@@H](OC(=O)C[C@@H]4C[C@@H](c5cccc6c5CC[C@@H]5CCC[C@H]7C=Cc8ccccc8[C@@]657)C=C[C@@H]34)[C@@H]2OC1=O. The normalized spacial score (nSPS) is 31.3. The largest absolute Gasteiger partial charge is 0.483 e. The molecule has 2 fully saturated rings. The van der Waals surface area contributed by atoms with Crippen LogP contribution in [0.4, 0.5) is 0 Å². The second kappa shape index (κ2) is 23.2. The van der Waals surface area contributed by atoms with E-state index >= 15 is 9.59 Å². The molecule has 2 saturated carbocycles. The molecule has 6 aromatic rings. The van der Waals surface area contributed by atoms with Gasteiger partial charge in [0.15, 0.2) is 17.8 Å². The molecule has 14 atom stereocenters. The van der Waals surface area contributed by atoms with Gasteiger partial charge in [-0.3, -0.25) is 4.79 Å². The van der Waals surface area contributed by atoms with Gasteiger partial charge in [0.1, 0.15) is 18.1 Å². The lowest BCUT2D eigenvalue weighted by Crippen LogP contribution is -2.59. The van der Waals surface area contributed by atoms with E-state index in [1.807, 2.05) is 6.92 Å². The Kier molecular flexibility index (Phi) is 15.2. The van der Waals surface area contributed by atoms with Crippen LogP contribution in [0.2, 0.25) is 0 Å². The van der Waals surface area contributed by atoms with Crippen LogP contribution < -0.4 is 10.4 Å². The highest BCUT2D eigenvalue weighted by Crippen LogP contribution is 2.63. The predicted octanol–water partition coefficient (Wildman–Crippen LogP) is 12.8. The molecule has 460 valence electrons. The summed E-state index contributed by atoms with van der Waals surface area (Å²) in [6.07, 6.45) is 21.0. The van der Waals surface area contributed by atoms with Crippen LogP contribution in [0.15, 0.2) is 142 Å². The first-order valence-electron chi connectivity index (χ1n) is 32.8. The van der Waals surface area contributed by atoms with Gasteiger partial charge in [0.2, 0.25) is 0 Å². The number of aliphatic hydroxyl groups excluding tert-OH is 4. The van der Waals surface area contributed by atoms with E-state index in [1.165, 1.54) is 51.8 Å². The van der Waals surface area contributed by atoms with Gasteiger partial charge >= 0.3 is 17.6 Å². The molecular weight excluding hydrogens is 1120 g/mol. The summed E-state index contributed by atoms with van der Waals surface area (Å²) in [7, 11) is 0. The van der Waals surface area contributed by atoms with Crippen LogP contribution in [-0.4, -0.2) is 70.7 Å². The molecule has 9 aliphatic rings. The van der Waals surface area contributed by atoms with Crippen molar-refractivity contribution in [2.75, 3.05) is 26.6 Å². The summed E-state index contributed by atoms with van der Waals surface area (Å²) in [6, 6.07) is 35.0. The second-order valence-corrected chi connectivity index (χ2v) is 27.4. The van der Waals surface area contributed by atoms with Gasteiger partial charge in [0.05, 0.1) is 25.4 Å². The minimum absolute atomic E-state index is 0.00156. The van der Waals surface area contributed by atoms with Crippen LogP contribution in [0, 0.1) is 35.5 Å². The molecule has 5 bridgehead atoms. The second-order valence-electron chi connectivity index (χ2n) is 27.4. The number of hydrogen-bond acceptors (Lipinski definition) is 12. The molecule has 3 aliphatic heterocycles. The number of allylic oxidation sites excluding steroid dienone is 4. The number of aryl methyl sites for hydroxylation is 2. The van der Waals surface area contributed by atoms with Gasteiger partial charge in [0.25, 0.3) is 0 Å². The number of rotatable bonds is 9. The Hall–Kier alpha value is -7.19. The molecule has 0 unspecified atom stereocenters. The smallest absolute Gasteiger partial charge is 0.340 e. The number of ether oxygens (including phenoxy) is 4. The summed E-state index contributed by atoms with van der Waals surface area (Å²) >= 11 is 0. The lowest BCUT2D eigenvalue weighted by molar-refractivity contribution is -0.202. The third-order valence-electron chi connectivity index (χ3n) is 23.3. The Bertz CT molecular complexity index is 4000. The number of benzene rings is 5. The maximum absolute atomic E-state index is 16.0. The average Bonchev–Trinajstić information content (AvgIpc) is 1.55. The van der Waals surface area contributed by atoms with Crippen molar-refractivity contribution >= 4 is 35.1 Å². The summed E-state index contributed by atoms with van der Waals surface area (Å²) in [5.41, 5.74) is 11.9. The Balaban J connectivity index is 0.920. The average molecular weight is 1200 g/mol. The van der Waals surface area contributed by atoms with Crippen LogP contribution in [0.25, 0.3) is 23.1 Å². The van der Waals surface area contributed by atoms with Crippen molar-refractivity contribution in [1.29, 1.82) is 0 Å². The summed E-state index contributed by atoms with van der Waals surface area (Å²) in [4.78, 5) is 46.4. The first-order valence-corrected chi connectivity index (χ1v) is 32.8. The standard InChI is InChI=1S/C77H80O12/c1-43(39-79)54-26-20-44-17-18-48-35-47(44)22-29-60-58-28-21-45-9-3-5-13-56(45)62(58)38-66(60)76(2)73(88-74(54)83)72(70-67(89-76)32-31-61-63(40-80)69(75(84)87-71(61)70)50(33-34-78)41-85-42-81)86-68(82)37-51-36-49(23-27-55(48)51)57-14-8-16-65-59(57)30-25-53-12-7-11-52-24-19-46-10-4-6-15-64(46)77(52,53)65/h3-6,8-10,13-19,21,23-24,27-28,31-32,35,49-53,55,58,60,62,66,72-73,78-81H,7,11-12,20,22,25-26,29-30,33-34,36-42H2,1-2H3/b54-43-/t49-,50+,51-,52-,53-,55-,58+,60+,62+,66-,72+,73-,76-,77-/m0/s1. The van der Waals surface area contributed by atoms with Crippen LogP contribution in [0.5, 0.6) is 5.75 Å². The lowest BCUT2D eigenvalue weighted by Gasteiger charge is -2.55. The molecule has 12 heteroatoms. The zero-order valence-corrected chi connectivity index (χ0v) is 50.9. The fraction of sp³-hybridized carbons (Fsp3) is 0.442. The van der Waals surface area contributed by atoms with Gasteiger partial charge in [0, 0.05) is 58.6 Å².